The van der Waals surface area contributed by atoms with Gasteiger partial charge in [0.25, 0.3) is 0 Å². The van der Waals surface area contributed by atoms with Crippen LogP contribution in [0.1, 0.15) is 27.2 Å². The summed E-state index contributed by atoms with van der Waals surface area (Å²) in [5.41, 5.74) is 1.54. The van der Waals surface area contributed by atoms with E-state index < -0.39 is 0 Å². The molecule has 1 unspecified atom stereocenters. The molecule has 5 nitrogen and oxygen atoms in total. The van der Waals surface area contributed by atoms with E-state index in [1.807, 2.05) is 45.0 Å². The molecule has 0 aliphatic carbocycles. The number of nitrogens with zero attached hydrogens (tertiary/aromatic N) is 2. The molecule has 0 aliphatic heterocycles. The van der Waals surface area contributed by atoms with Gasteiger partial charge in [0.1, 0.15) is 6.54 Å². The van der Waals surface area contributed by atoms with Gasteiger partial charge in [0.05, 0.1) is 11.0 Å². The fourth-order valence-corrected chi connectivity index (χ4v) is 2.30. The minimum absolute atomic E-state index is 0.0662. The lowest BCUT2D eigenvalue weighted by Crippen LogP contribution is -2.37. The highest BCUT2D eigenvalue weighted by Crippen LogP contribution is 2.12. The first-order valence-electron chi connectivity index (χ1n) is 7.05. The zero-order valence-electron chi connectivity index (χ0n) is 12.2. The molecule has 20 heavy (non-hydrogen) atoms. The Morgan fingerprint density at radius 1 is 1.20 bits per heavy atom. The number of para-hydroxylation sites is 2. The number of aromatic nitrogens is 2. The van der Waals surface area contributed by atoms with Gasteiger partial charge in [-0.15, -0.1) is 0 Å². The molecule has 1 atom stereocenters. The first-order valence-corrected chi connectivity index (χ1v) is 7.05. The van der Waals surface area contributed by atoms with Crippen molar-refractivity contribution in [2.24, 2.45) is 0 Å². The highest BCUT2D eigenvalue weighted by molar-refractivity contribution is 5.81. The normalized spacial score (nSPS) is 12.6. The zero-order chi connectivity index (χ0) is 14.7. The SMILES string of the molecule is CCC(C)NC(=O)Cn1c(=O)n(CC)c2ccccc21. The maximum absolute atomic E-state index is 12.4. The standard InChI is InChI=1S/C15H21N3O2/c1-4-11(3)16-14(19)10-18-13-9-7-6-8-12(13)17(5-2)15(18)20/h6-9,11H,4-5,10H2,1-3H3,(H,16,19). The number of imidazole rings is 1. The summed E-state index contributed by atoms with van der Waals surface area (Å²) in [7, 11) is 0. The average molecular weight is 275 g/mol. The smallest absolute Gasteiger partial charge is 0.329 e. The molecule has 1 amide bonds. The molecule has 0 saturated heterocycles. The molecule has 2 rings (SSSR count). The number of benzene rings is 1. The molecular formula is C15H21N3O2. The van der Waals surface area contributed by atoms with Gasteiger partial charge < -0.3 is 5.32 Å². The second-order valence-electron chi connectivity index (χ2n) is 4.98. The number of hydrogen-bond donors (Lipinski definition) is 1. The van der Waals surface area contributed by atoms with Gasteiger partial charge >= 0.3 is 5.69 Å². The quantitative estimate of drug-likeness (QED) is 0.903. The van der Waals surface area contributed by atoms with Crippen molar-refractivity contribution in [1.82, 2.24) is 14.5 Å². The summed E-state index contributed by atoms with van der Waals surface area (Å²) in [4.78, 5) is 24.4. The van der Waals surface area contributed by atoms with Gasteiger partial charge in [-0.05, 0) is 32.4 Å². The predicted molar refractivity (Wildman–Crippen MR) is 79.8 cm³/mol. The summed E-state index contributed by atoms with van der Waals surface area (Å²) < 4.78 is 3.22. The Labute approximate surface area is 118 Å². The fraction of sp³-hybridized carbons (Fsp3) is 0.467. The van der Waals surface area contributed by atoms with Crippen LogP contribution in [0.15, 0.2) is 29.1 Å². The molecule has 0 aliphatic rings. The monoisotopic (exact) mass is 275 g/mol. The van der Waals surface area contributed by atoms with Crippen LogP contribution in [-0.4, -0.2) is 21.1 Å². The van der Waals surface area contributed by atoms with Crippen LogP contribution in [0.4, 0.5) is 0 Å². The summed E-state index contributed by atoms with van der Waals surface area (Å²) >= 11 is 0. The molecule has 1 aromatic heterocycles. The van der Waals surface area contributed by atoms with E-state index in [4.69, 9.17) is 0 Å². The van der Waals surface area contributed by atoms with Crippen LogP contribution < -0.4 is 11.0 Å². The van der Waals surface area contributed by atoms with Crippen LogP contribution in [0, 0.1) is 0 Å². The highest BCUT2D eigenvalue weighted by atomic mass is 16.2. The van der Waals surface area contributed by atoms with Crippen LogP contribution >= 0.6 is 0 Å². The van der Waals surface area contributed by atoms with Crippen molar-refractivity contribution < 1.29 is 4.79 Å². The third-order valence-electron chi connectivity index (χ3n) is 3.56. The van der Waals surface area contributed by atoms with Gasteiger partial charge in [-0.1, -0.05) is 19.1 Å². The summed E-state index contributed by atoms with van der Waals surface area (Å²) in [5.74, 6) is -0.125. The first-order chi connectivity index (χ1) is 9.58. The van der Waals surface area contributed by atoms with Crippen LogP contribution in [0.5, 0.6) is 0 Å². The van der Waals surface area contributed by atoms with Crippen LogP contribution in [0.3, 0.4) is 0 Å². The Balaban J connectivity index is 2.37. The van der Waals surface area contributed by atoms with Crippen molar-refractivity contribution in [3.8, 4) is 0 Å². The first kappa shape index (κ1) is 14.4. The molecule has 2 aromatic rings. The van der Waals surface area contributed by atoms with E-state index in [-0.39, 0.29) is 24.2 Å². The molecule has 0 radical (unpaired) electrons. The Bertz CT molecular complexity index is 669. The number of aryl methyl sites for hydroxylation is 1. The minimum Gasteiger partial charge on any atom is -0.352 e. The van der Waals surface area contributed by atoms with E-state index in [9.17, 15) is 9.59 Å². The van der Waals surface area contributed by atoms with Crippen LogP contribution in [-0.2, 0) is 17.9 Å². The van der Waals surface area contributed by atoms with Crippen LogP contribution in [0.2, 0.25) is 0 Å². The van der Waals surface area contributed by atoms with Crippen molar-refractivity contribution in [3.63, 3.8) is 0 Å². The lowest BCUT2D eigenvalue weighted by molar-refractivity contribution is -0.122. The van der Waals surface area contributed by atoms with Crippen molar-refractivity contribution in [2.75, 3.05) is 0 Å². The molecule has 0 fully saturated rings. The average Bonchev–Trinajstić information content (AvgIpc) is 2.71. The topological polar surface area (TPSA) is 56.0 Å². The maximum atomic E-state index is 12.4. The Morgan fingerprint density at radius 3 is 2.35 bits per heavy atom. The molecule has 1 heterocycles. The molecular weight excluding hydrogens is 254 g/mol. The molecule has 108 valence electrons. The molecule has 0 spiro atoms. The molecule has 0 saturated carbocycles. The number of rotatable bonds is 5. The molecule has 1 aromatic carbocycles. The maximum Gasteiger partial charge on any atom is 0.329 e. The van der Waals surface area contributed by atoms with E-state index in [1.165, 1.54) is 4.57 Å². The lowest BCUT2D eigenvalue weighted by Gasteiger charge is -2.11. The number of amides is 1. The number of nitrogens with one attached hydrogen (secondary N) is 1. The number of carbonyl (C=O) groups excluding carboxylic acids is 1. The Morgan fingerprint density at radius 2 is 1.80 bits per heavy atom. The Kier molecular flexibility index (Phi) is 4.27. The second kappa shape index (κ2) is 5.94. The van der Waals surface area contributed by atoms with E-state index in [1.54, 1.807) is 4.57 Å². The van der Waals surface area contributed by atoms with Crippen LogP contribution in [0.25, 0.3) is 11.0 Å². The van der Waals surface area contributed by atoms with Gasteiger partial charge in [-0.3, -0.25) is 13.9 Å². The van der Waals surface area contributed by atoms with Crippen molar-refractivity contribution in [2.45, 2.75) is 46.3 Å². The van der Waals surface area contributed by atoms with Gasteiger partial charge in [0, 0.05) is 12.6 Å². The van der Waals surface area contributed by atoms with Gasteiger partial charge in [-0.25, -0.2) is 4.79 Å². The summed E-state index contributed by atoms with van der Waals surface area (Å²) in [6, 6.07) is 7.68. The van der Waals surface area contributed by atoms with E-state index in [2.05, 4.69) is 5.32 Å². The summed E-state index contributed by atoms with van der Waals surface area (Å²) in [6.07, 6.45) is 0.872. The van der Waals surface area contributed by atoms with E-state index in [0.717, 1.165) is 17.5 Å². The minimum atomic E-state index is -0.131. The summed E-state index contributed by atoms with van der Waals surface area (Å²) in [5, 5.41) is 2.89. The molecule has 5 heteroatoms. The number of carbonyl (C=O) groups is 1. The number of hydrogen-bond acceptors (Lipinski definition) is 2. The largest absolute Gasteiger partial charge is 0.352 e. The lowest BCUT2D eigenvalue weighted by atomic mass is 10.2. The molecule has 0 bridgehead atoms. The van der Waals surface area contributed by atoms with Gasteiger partial charge in [0.15, 0.2) is 0 Å². The molecule has 1 N–H and O–H groups in total. The van der Waals surface area contributed by atoms with Gasteiger partial charge in [0.2, 0.25) is 5.91 Å². The van der Waals surface area contributed by atoms with E-state index >= 15 is 0 Å². The third kappa shape index (κ3) is 2.61. The zero-order valence-corrected chi connectivity index (χ0v) is 12.2. The van der Waals surface area contributed by atoms with Crippen molar-refractivity contribution in [1.29, 1.82) is 0 Å². The second-order valence-corrected chi connectivity index (χ2v) is 4.98. The third-order valence-corrected chi connectivity index (χ3v) is 3.56. The van der Waals surface area contributed by atoms with E-state index in [0.29, 0.717) is 6.54 Å². The van der Waals surface area contributed by atoms with Crippen molar-refractivity contribution >= 4 is 16.9 Å². The number of fused-ring (bicyclic) bond motifs is 1. The van der Waals surface area contributed by atoms with Crippen molar-refractivity contribution in [3.05, 3.63) is 34.7 Å². The Hall–Kier alpha value is -2.04. The fourth-order valence-electron chi connectivity index (χ4n) is 2.30. The van der Waals surface area contributed by atoms with Gasteiger partial charge in [-0.2, -0.15) is 0 Å². The highest BCUT2D eigenvalue weighted by Gasteiger charge is 2.14. The summed E-state index contributed by atoms with van der Waals surface area (Å²) in [6.45, 7) is 6.56. The predicted octanol–water partition coefficient (Wildman–Crippen LogP) is 1.74.